The molecule has 6 nitrogen and oxygen atoms in total. The van der Waals surface area contributed by atoms with Gasteiger partial charge >= 0.3 is 0 Å². The highest BCUT2D eigenvalue weighted by molar-refractivity contribution is 6.10. The van der Waals surface area contributed by atoms with E-state index >= 15 is 0 Å². The van der Waals surface area contributed by atoms with Gasteiger partial charge in [0.05, 0.1) is 30.2 Å². The molecule has 0 saturated carbocycles. The highest BCUT2D eigenvalue weighted by Gasteiger charge is 2.43. The number of anilines is 1. The minimum absolute atomic E-state index is 0.0729. The molecule has 1 atom stereocenters. The third-order valence-corrected chi connectivity index (χ3v) is 6.15. The fraction of sp³-hybridized carbons (Fsp3) is 0.241. The Labute approximate surface area is 203 Å². The average molecular weight is 470 g/mol. The molecule has 0 saturated heterocycles. The Bertz CT molecular complexity index is 1430. The van der Waals surface area contributed by atoms with Gasteiger partial charge in [0.1, 0.15) is 5.58 Å². The van der Waals surface area contributed by atoms with Crippen LogP contribution in [0.2, 0.25) is 0 Å². The van der Waals surface area contributed by atoms with Gasteiger partial charge in [0.25, 0.3) is 5.91 Å². The summed E-state index contributed by atoms with van der Waals surface area (Å²) in [5, 5.41) is 0.448. The van der Waals surface area contributed by atoms with Gasteiger partial charge < -0.3 is 13.9 Å². The molecule has 1 aliphatic rings. The van der Waals surface area contributed by atoms with Crippen molar-refractivity contribution in [1.82, 2.24) is 0 Å². The van der Waals surface area contributed by atoms with Crippen LogP contribution in [0.25, 0.3) is 11.0 Å². The lowest BCUT2D eigenvalue weighted by Gasteiger charge is -2.26. The number of carbonyl (C=O) groups excluding carboxylic acids is 1. The quantitative estimate of drug-likeness (QED) is 0.291. The van der Waals surface area contributed by atoms with Crippen molar-refractivity contribution in [1.29, 1.82) is 0 Å². The van der Waals surface area contributed by atoms with Gasteiger partial charge in [-0.1, -0.05) is 49.7 Å². The fourth-order valence-corrected chi connectivity index (χ4v) is 4.50. The molecule has 1 unspecified atom stereocenters. The number of nitrogens with zero attached hydrogens (tertiary/aromatic N) is 1. The molecule has 0 radical (unpaired) electrons. The predicted octanol–water partition coefficient (Wildman–Crippen LogP) is 6.12. The Morgan fingerprint density at radius 3 is 2.43 bits per heavy atom. The summed E-state index contributed by atoms with van der Waals surface area (Å²) in [5.74, 6) is 0.953. The van der Waals surface area contributed by atoms with Crippen molar-refractivity contribution in [3.05, 3.63) is 99.9 Å². The number of amides is 1. The van der Waals surface area contributed by atoms with Gasteiger partial charge in [-0.3, -0.25) is 14.5 Å². The maximum Gasteiger partial charge on any atom is 0.295 e. The number of ether oxygens (including phenoxy) is 2. The lowest BCUT2D eigenvalue weighted by Crippen LogP contribution is -2.29. The van der Waals surface area contributed by atoms with Crippen molar-refractivity contribution in [3.63, 3.8) is 0 Å². The van der Waals surface area contributed by atoms with E-state index in [1.165, 1.54) is 0 Å². The van der Waals surface area contributed by atoms with Gasteiger partial charge in [-0.2, -0.15) is 0 Å². The molecule has 0 N–H and O–H groups in total. The van der Waals surface area contributed by atoms with Crippen LogP contribution in [0.5, 0.6) is 11.5 Å². The van der Waals surface area contributed by atoms with Crippen molar-refractivity contribution in [2.75, 3.05) is 18.1 Å². The van der Waals surface area contributed by atoms with Crippen molar-refractivity contribution >= 4 is 22.6 Å². The largest absolute Gasteiger partial charge is 0.490 e. The molecule has 1 aliphatic heterocycles. The number of hydrogen-bond acceptors (Lipinski definition) is 5. The lowest BCUT2D eigenvalue weighted by molar-refractivity contribution is 0.0971. The molecule has 0 spiro atoms. The van der Waals surface area contributed by atoms with Gasteiger partial charge in [0, 0.05) is 5.69 Å². The fourth-order valence-electron chi connectivity index (χ4n) is 4.50. The topological polar surface area (TPSA) is 69.0 Å². The van der Waals surface area contributed by atoms with Crippen LogP contribution in [0.3, 0.4) is 0 Å². The van der Waals surface area contributed by atoms with Crippen LogP contribution in [-0.2, 0) is 0 Å². The molecule has 178 valence electrons. The summed E-state index contributed by atoms with van der Waals surface area (Å²) in [6.45, 7) is 5.07. The molecule has 5 rings (SSSR count). The average Bonchev–Trinajstić information content (AvgIpc) is 3.18. The zero-order valence-electron chi connectivity index (χ0n) is 19.8. The van der Waals surface area contributed by atoms with Crippen molar-refractivity contribution < 1.29 is 18.7 Å². The van der Waals surface area contributed by atoms with Crippen LogP contribution >= 0.6 is 0 Å². The molecule has 4 aromatic rings. The van der Waals surface area contributed by atoms with Gasteiger partial charge in [-0.15, -0.1) is 0 Å². The van der Waals surface area contributed by atoms with Crippen LogP contribution < -0.4 is 19.8 Å². The summed E-state index contributed by atoms with van der Waals surface area (Å²) >= 11 is 0. The Morgan fingerprint density at radius 1 is 0.886 bits per heavy atom. The Morgan fingerprint density at radius 2 is 1.66 bits per heavy atom. The molecule has 3 aromatic carbocycles. The third-order valence-electron chi connectivity index (χ3n) is 6.15. The van der Waals surface area contributed by atoms with Crippen molar-refractivity contribution in [3.8, 4) is 11.5 Å². The summed E-state index contributed by atoms with van der Waals surface area (Å²) in [6.07, 6.45) is 1.96. The molecular weight excluding hydrogens is 442 g/mol. The number of unbranched alkanes of at least 4 members (excludes halogenated alkanes) is 1. The second-order valence-corrected chi connectivity index (χ2v) is 8.42. The Kier molecular flexibility index (Phi) is 6.27. The Hall–Kier alpha value is -4.06. The first-order valence-corrected chi connectivity index (χ1v) is 12.0. The Balaban J connectivity index is 1.70. The highest BCUT2D eigenvalue weighted by Crippen LogP contribution is 2.43. The predicted molar refractivity (Wildman–Crippen MR) is 136 cm³/mol. The van der Waals surface area contributed by atoms with Crippen molar-refractivity contribution in [2.24, 2.45) is 0 Å². The number of rotatable bonds is 8. The van der Waals surface area contributed by atoms with Crippen LogP contribution in [0.15, 0.2) is 82.0 Å². The molecule has 35 heavy (non-hydrogen) atoms. The van der Waals surface area contributed by atoms with E-state index in [1.807, 2.05) is 55.5 Å². The maximum absolute atomic E-state index is 13.7. The van der Waals surface area contributed by atoms with E-state index in [-0.39, 0.29) is 17.1 Å². The van der Waals surface area contributed by atoms with Crippen LogP contribution in [0, 0.1) is 0 Å². The van der Waals surface area contributed by atoms with Crippen LogP contribution in [0.1, 0.15) is 54.4 Å². The van der Waals surface area contributed by atoms with Gasteiger partial charge in [0.2, 0.25) is 5.76 Å². The summed E-state index contributed by atoms with van der Waals surface area (Å²) in [6, 6.07) is 21.3. The van der Waals surface area contributed by atoms with E-state index in [1.54, 1.807) is 29.2 Å². The normalized spacial score (nSPS) is 14.9. The number of hydrogen-bond donors (Lipinski definition) is 0. The molecule has 0 bridgehead atoms. The second-order valence-electron chi connectivity index (χ2n) is 8.42. The first kappa shape index (κ1) is 22.7. The van der Waals surface area contributed by atoms with Crippen molar-refractivity contribution in [2.45, 2.75) is 32.7 Å². The van der Waals surface area contributed by atoms with E-state index in [0.29, 0.717) is 46.9 Å². The molecule has 0 aliphatic carbocycles. The van der Waals surface area contributed by atoms with E-state index in [9.17, 15) is 9.59 Å². The summed E-state index contributed by atoms with van der Waals surface area (Å²) in [5.41, 5.74) is 1.95. The highest BCUT2D eigenvalue weighted by atomic mass is 16.5. The van der Waals surface area contributed by atoms with E-state index in [2.05, 4.69) is 6.92 Å². The smallest absolute Gasteiger partial charge is 0.295 e. The number of fused-ring (bicyclic) bond motifs is 2. The molecule has 1 amide bonds. The van der Waals surface area contributed by atoms with E-state index in [4.69, 9.17) is 13.9 Å². The van der Waals surface area contributed by atoms with E-state index < -0.39 is 6.04 Å². The maximum atomic E-state index is 13.7. The van der Waals surface area contributed by atoms with Gasteiger partial charge in [-0.05, 0) is 55.3 Å². The number of para-hydroxylation sites is 2. The number of benzene rings is 3. The molecule has 1 aromatic heterocycles. The number of carbonyl (C=O) groups is 1. The lowest BCUT2D eigenvalue weighted by atomic mass is 9.97. The van der Waals surface area contributed by atoms with Crippen LogP contribution in [-0.4, -0.2) is 19.1 Å². The second kappa shape index (κ2) is 9.66. The summed E-state index contributed by atoms with van der Waals surface area (Å²) < 4.78 is 17.9. The molecule has 6 heteroatoms. The zero-order chi connectivity index (χ0) is 24.4. The molecular formula is C29H27NO5. The van der Waals surface area contributed by atoms with Gasteiger partial charge in [0.15, 0.2) is 16.9 Å². The van der Waals surface area contributed by atoms with Gasteiger partial charge in [-0.25, -0.2) is 0 Å². The first-order chi connectivity index (χ1) is 17.1. The SMILES string of the molecule is CCCCOc1ccc(C2c3c(oc4ccccc4c3=O)C(=O)N2c2ccccc2)cc1OCC. The third kappa shape index (κ3) is 4.05. The summed E-state index contributed by atoms with van der Waals surface area (Å²) in [7, 11) is 0. The van der Waals surface area contributed by atoms with Crippen LogP contribution in [0.4, 0.5) is 5.69 Å². The standard InChI is InChI=1S/C29H27NO5/c1-3-5-17-34-23-16-15-19(18-24(23)33-4-2)26-25-27(31)21-13-9-10-14-22(21)35-28(25)29(32)30(26)20-11-7-6-8-12-20/h6-16,18,26H,3-5,17H2,1-2H3. The van der Waals surface area contributed by atoms with E-state index in [0.717, 1.165) is 18.4 Å². The first-order valence-electron chi connectivity index (χ1n) is 12.0. The summed E-state index contributed by atoms with van der Waals surface area (Å²) in [4.78, 5) is 29.0. The molecule has 0 fully saturated rings. The zero-order valence-corrected chi connectivity index (χ0v) is 19.8. The minimum atomic E-state index is -0.662. The monoisotopic (exact) mass is 469 g/mol. The minimum Gasteiger partial charge on any atom is -0.490 e. The molecule has 2 heterocycles.